The molecular weight excluding hydrogens is 618 g/mol. The molecule has 0 amide bonds. The first-order chi connectivity index (χ1) is 18.8. The van der Waals surface area contributed by atoms with Gasteiger partial charge in [0.25, 0.3) is 12.3 Å². The van der Waals surface area contributed by atoms with Crippen molar-refractivity contribution in [2.24, 2.45) is 0 Å². The van der Waals surface area contributed by atoms with E-state index in [9.17, 15) is 23.7 Å². The van der Waals surface area contributed by atoms with E-state index in [1.54, 1.807) is 37.3 Å². The fraction of sp³-hybridized carbons (Fsp3) is 0.130. The Kier molecular flexibility index (Phi) is 20.2. The Morgan fingerprint density at radius 3 is 2.02 bits per heavy atom. The number of aromatic amines is 1. The Morgan fingerprint density at radius 2 is 1.62 bits per heavy atom. The third-order valence-corrected chi connectivity index (χ3v) is 5.88. The Labute approximate surface area is 241 Å². The van der Waals surface area contributed by atoms with Gasteiger partial charge >= 0.3 is 18.1 Å². The number of aliphatic hydroxyl groups excluding tert-OH is 1. The van der Waals surface area contributed by atoms with Crippen molar-refractivity contribution in [2.75, 3.05) is 14.2 Å². The number of aryl methyl sites for hydroxylation is 1. The van der Waals surface area contributed by atoms with E-state index in [-0.39, 0.29) is 29.9 Å². The average molecular weight is 640 g/mol. The summed E-state index contributed by atoms with van der Waals surface area (Å²) in [6.07, 6.45) is 0.250. The minimum Gasteiger partial charge on any atom is -0.477 e. The van der Waals surface area contributed by atoms with Crippen molar-refractivity contribution in [3.8, 4) is 5.88 Å². The van der Waals surface area contributed by atoms with Crippen LogP contribution in [0.5, 0.6) is 5.88 Å². The molecule has 0 aliphatic rings. The standard InChI is InChI=1S/C8H8ClNO2.C7H5NO5.C6H5Cl2OP.CO2.CH4O/c1-5-3-6(9)4-7(10-5)8(11)12-2;9-3-13-6-2-4(10)1-5(8-6)7(11)12;7-10(8,9)6-4-2-1-3-5-6;2-1-3;1-2/h3-4H,1-2H3;1-3H,(H,8,10)(H,11,12);1-5H;;2H,1H3. The van der Waals surface area contributed by atoms with Gasteiger partial charge in [0.05, 0.1) is 7.11 Å². The number of carbonyl (C=O) groups excluding carboxylic acids is 4. The van der Waals surface area contributed by atoms with Gasteiger partial charge in [-0.2, -0.15) is 9.59 Å². The molecule has 0 aliphatic carbocycles. The summed E-state index contributed by atoms with van der Waals surface area (Å²) in [6.45, 7) is 1.86. The van der Waals surface area contributed by atoms with Crippen molar-refractivity contribution in [3.05, 3.63) is 86.9 Å². The molecular formula is C23H22Cl3N2O11P. The maximum absolute atomic E-state index is 11.0. The monoisotopic (exact) mass is 638 g/mol. The molecule has 216 valence electrons. The number of hydrogen-bond donors (Lipinski definition) is 3. The van der Waals surface area contributed by atoms with Gasteiger partial charge in [-0.1, -0.05) is 29.8 Å². The molecule has 0 atom stereocenters. The van der Waals surface area contributed by atoms with Crippen LogP contribution < -0.4 is 15.5 Å². The number of benzene rings is 1. The zero-order chi connectivity index (χ0) is 31.3. The number of hydrogen-bond acceptors (Lipinski definition) is 11. The third-order valence-electron chi connectivity index (χ3n) is 3.59. The van der Waals surface area contributed by atoms with Crippen molar-refractivity contribution in [1.82, 2.24) is 9.97 Å². The van der Waals surface area contributed by atoms with E-state index in [0.29, 0.717) is 16.0 Å². The summed E-state index contributed by atoms with van der Waals surface area (Å²) >= 11 is 16.5. The maximum Gasteiger partial charge on any atom is 0.373 e. The van der Waals surface area contributed by atoms with E-state index in [0.717, 1.165) is 19.2 Å². The van der Waals surface area contributed by atoms with Gasteiger partial charge in [0, 0.05) is 35.3 Å². The minimum atomic E-state index is -3.07. The summed E-state index contributed by atoms with van der Waals surface area (Å²) in [4.78, 5) is 64.5. The summed E-state index contributed by atoms with van der Waals surface area (Å²) in [5.41, 5.74) is 0.0581. The summed E-state index contributed by atoms with van der Waals surface area (Å²) < 4.78 is 19.7. The molecule has 2 aromatic heterocycles. The van der Waals surface area contributed by atoms with E-state index in [2.05, 4.69) is 19.4 Å². The summed E-state index contributed by atoms with van der Waals surface area (Å²) in [6, 6.07) is 13.6. The maximum atomic E-state index is 11.0. The van der Waals surface area contributed by atoms with Crippen LogP contribution in [0.15, 0.2) is 59.4 Å². The van der Waals surface area contributed by atoms with Crippen LogP contribution in [0.1, 0.15) is 26.7 Å². The van der Waals surface area contributed by atoms with Crippen molar-refractivity contribution >= 4 is 69.8 Å². The molecule has 0 aliphatic heterocycles. The molecule has 0 saturated carbocycles. The van der Waals surface area contributed by atoms with Crippen molar-refractivity contribution in [2.45, 2.75) is 6.92 Å². The lowest BCUT2D eigenvalue weighted by Crippen LogP contribution is -2.09. The lowest BCUT2D eigenvalue weighted by molar-refractivity contribution is -0.191. The molecule has 13 nitrogen and oxygen atoms in total. The number of ether oxygens (including phenoxy) is 2. The van der Waals surface area contributed by atoms with Gasteiger partial charge in [0.15, 0.2) is 5.43 Å². The summed E-state index contributed by atoms with van der Waals surface area (Å²) in [5.74, 6) is -5.04. The molecule has 1 aromatic carbocycles. The highest BCUT2D eigenvalue weighted by molar-refractivity contribution is 8.13. The lowest BCUT2D eigenvalue weighted by Gasteiger charge is -1.99. The number of rotatable bonds is 5. The van der Waals surface area contributed by atoms with Crippen LogP contribution >= 0.6 is 39.9 Å². The van der Waals surface area contributed by atoms with Crippen LogP contribution in [-0.2, 0) is 23.7 Å². The van der Waals surface area contributed by atoms with Crippen LogP contribution in [0.3, 0.4) is 0 Å². The van der Waals surface area contributed by atoms with Crippen LogP contribution in [0.2, 0.25) is 5.02 Å². The number of esters is 1. The summed E-state index contributed by atoms with van der Waals surface area (Å²) in [7, 11) is 2.31. The number of aliphatic hydroxyl groups is 1. The van der Waals surface area contributed by atoms with Crippen LogP contribution in [0, 0.1) is 6.92 Å². The van der Waals surface area contributed by atoms with E-state index in [1.807, 2.05) is 6.07 Å². The van der Waals surface area contributed by atoms with Crippen molar-refractivity contribution in [1.29, 1.82) is 0 Å². The highest BCUT2D eigenvalue weighted by Crippen LogP contribution is 2.54. The van der Waals surface area contributed by atoms with Crippen LogP contribution in [0.25, 0.3) is 0 Å². The van der Waals surface area contributed by atoms with Gasteiger partial charge in [-0.15, -0.1) is 0 Å². The molecule has 0 saturated heterocycles. The molecule has 3 N–H and O–H groups in total. The second-order valence-corrected chi connectivity index (χ2v) is 11.6. The number of H-pyrrole nitrogens is 1. The van der Waals surface area contributed by atoms with E-state index in [4.69, 9.17) is 53.9 Å². The molecule has 0 unspecified atom stereocenters. The zero-order valence-electron chi connectivity index (χ0n) is 20.9. The quantitative estimate of drug-likeness (QED) is 0.208. The predicted molar refractivity (Wildman–Crippen MR) is 145 cm³/mol. The third kappa shape index (κ3) is 16.9. The zero-order valence-corrected chi connectivity index (χ0v) is 24.0. The fourth-order valence-electron chi connectivity index (χ4n) is 2.19. The first kappa shape index (κ1) is 38.3. The van der Waals surface area contributed by atoms with Crippen molar-refractivity contribution < 1.29 is 48.2 Å². The second kappa shape index (κ2) is 21.0. The number of methoxy groups -OCH3 is 1. The number of carbonyl (C=O) groups is 3. The normalized spacial score (nSPS) is 9.07. The molecule has 40 heavy (non-hydrogen) atoms. The highest BCUT2D eigenvalue weighted by atomic mass is 35.9. The van der Waals surface area contributed by atoms with Gasteiger partial charge in [-0.3, -0.25) is 14.2 Å². The molecule has 3 aromatic rings. The average Bonchev–Trinajstić information content (AvgIpc) is 2.90. The lowest BCUT2D eigenvalue weighted by atomic mass is 10.3. The molecule has 17 heteroatoms. The largest absolute Gasteiger partial charge is 0.477 e. The predicted octanol–water partition coefficient (Wildman–Crippen LogP) is 3.45. The van der Waals surface area contributed by atoms with Gasteiger partial charge in [0.1, 0.15) is 11.4 Å². The Balaban J connectivity index is 0. The number of nitrogens with zero attached hydrogens (tertiary/aromatic N) is 1. The summed E-state index contributed by atoms with van der Waals surface area (Å²) in [5, 5.41) is 16.5. The highest BCUT2D eigenvalue weighted by Gasteiger charge is 2.15. The van der Waals surface area contributed by atoms with E-state index in [1.165, 1.54) is 13.2 Å². The Bertz CT molecular complexity index is 1350. The number of carboxylic acid groups (broad SMARTS) is 1. The smallest absolute Gasteiger partial charge is 0.373 e. The number of aromatic nitrogens is 2. The van der Waals surface area contributed by atoms with Gasteiger partial charge < -0.3 is 24.7 Å². The molecule has 0 fully saturated rings. The first-order valence-electron chi connectivity index (χ1n) is 10.1. The SMILES string of the molecule is CO.COC(=O)c1cc(Cl)cc(C)n1.O=C=O.O=COc1cc(=O)cc(C(=O)O)[nH]1.O=P(Cl)(Cl)c1ccccc1. The first-order valence-corrected chi connectivity index (χ1v) is 14.0. The molecule has 3 rings (SSSR count). The number of carboxylic acids is 1. The molecule has 0 bridgehead atoms. The number of halogens is 3. The molecule has 0 radical (unpaired) electrons. The van der Waals surface area contributed by atoms with Crippen LogP contribution in [0.4, 0.5) is 0 Å². The molecule has 0 spiro atoms. The molecule has 2 heterocycles. The van der Waals surface area contributed by atoms with E-state index < -0.39 is 23.2 Å². The Morgan fingerprint density at radius 1 is 1.07 bits per heavy atom. The second-order valence-electron chi connectivity index (χ2n) is 6.30. The van der Waals surface area contributed by atoms with Gasteiger partial charge in [-0.25, -0.2) is 14.6 Å². The number of nitrogens with one attached hydrogen (secondary N) is 1. The minimum absolute atomic E-state index is 0.0942. The van der Waals surface area contributed by atoms with Gasteiger partial charge in [0.2, 0.25) is 5.88 Å². The Hall–Kier alpha value is -3.83. The van der Waals surface area contributed by atoms with Crippen LogP contribution in [-0.4, -0.2) is 59.0 Å². The van der Waals surface area contributed by atoms with Crippen molar-refractivity contribution in [3.63, 3.8) is 0 Å². The number of aromatic carboxylic acids is 1. The van der Waals surface area contributed by atoms with E-state index >= 15 is 0 Å². The fourth-order valence-corrected chi connectivity index (χ4v) is 3.64. The van der Waals surface area contributed by atoms with Gasteiger partial charge in [-0.05, 0) is 53.7 Å². The topological polar surface area (TPSA) is 207 Å². The number of pyridine rings is 2.